The van der Waals surface area contributed by atoms with Gasteiger partial charge in [-0.1, -0.05) is 32.5 Å². The second-order valence-electron chi connectivity index (χ2n) is 7.96. The van der Waals surface area contributed by atoms with Crippen molar-refractivity contribution in [3.8, 4) is 0 Å². The maximum atomic E-state index is 12.1. The van der Waals surface area contributed by atoms with Crippen molar-refractivity contribution < 1.29 is 14.1 Å². The monoisotopic (exact) mass is 418 g/mol. The van der Waals surface area contributed by atoms with E-state index in [0.29, 0.717) is 24.0 Å². The topological polar surface area (TPSA) is 75.7 Å². The lowest BCUT2D eigenvalue weighted by molar-refractivity contribution is -0.880. The van der Waals surface area contributed by atoms with E-state index in [1.807, 2.05) is 6.07 Å². The second kappa shape index (κ2) is 10.1. The molecular formula is C21H32N5O2S+. The Bertz CT molecular complexity index is 815. The third-order valence-corrected chi connectivity index (χ3v) is 5.82. The minimum atomic E-state index is -0.168. The Labute approximate surface area is 177 Å². The van der Waals surface area contributed by atoms with E-state index in [0.717, 1.165) is 55.0 Å². The highest BCUT2D eigenvalue weighted by Gasteiger charge is 2.19. The molecular weight excluding hydrogens is 386 g/mol. The number of aryl methyl sites for hydroxylation is 1. The van der Waals surface area contributed by atoms with Crippen LogP contribution in [0.3, 0.4) is 0 Å². The molecule has 1 amide bonds. The maximum absolute atomic E-state index is 12.1. The maximum Gasteiger partial charge on any atom is 0.287 e. The Morgan fingerprint density at radius 3 is 2.76 bits per heavy atom. The van der Waals surface area contributed by atoms with Crippen molar-refractivity contribution in [1.82, 2.24) is 15.3 Å². The van der Waals surface area contributed by atoms with Crippen LogP contribution in [0.4, 0.5) is 5.82 Å². The van der Waals surface area contributed by atoms with Crippen molar-refractivity contribution in [2.24, 2.45) is 5.92 Å². The standard InChI is InChI=1S/C21H31N5O2S/c1-5-16-12-19(26-10-8-25(4)9-11-26)24-21(23-16)29-14-17-6-7-18(28-17)20(27)22-13-15(2)3/h6-7,12,15H,5,8-11,13-14H2,1-4H3,(H,22,27)/p+1. The van der Waals surface area contributed by atoms with E-state index in [1.165, 1.54) is 0 Å². The fraction of sp³-hybridized carbons (Fsp3) is 0.571. The highest BCUT2D eigenvalue weighted by Crippen LogP contribution is 2.24. The highest BCUT2D eigenvalue weighted by atomic mass is 32.2. The molecule has 0 bridgehead atoms. The normalized spacial score (nSPS) is 15.1. The predicted molar refractivity (Wildman–Crippen MR) is 116 cm³/mol. The van der Waals surface area contributed by atoms with Gasteiger partial charge in [-0.2, -0.15) is 0 Å². The number of carbonyl (C=O) groups is 1. The average molecular weight is 419 g/mol. The number of anilines is 1. The summed E-state index contributed by atoms with van der Waals surface area (Å²) >= 11 is 1.55. The van der Waals surface area contributed by atoms with E-state index < -0.39 is 0 Å². The van der Waals surface area contributed by atoms with Crippen LogP contribution in [0.2, 0.25) is 0 Å². The van der Waals surface area contributed by atoms with E-state index in [-0.39, 0.29) is 5.91 Å². The van der Waals surface area contributed by atoms with E-state index in [4.69, 9.17) is 9.40 Å². The summed E-state index contributed by atoms with van der Waals surface area (Å²) < 4.78 is 5.71. The summed E-state index contributed by atoms with van der Waals surface area (Å²) in [7, 11) is 2.23. The molecule has 1 saturated heterocycles. The van der Waals surface area contributed by atoms with Crippen molar-refractivity contribution in [1.29, 1.82) is 0 Å². The molecule has 158 valence electrons. The minimum Gasteiger partial charge on any atom is -0.455 e. The Balaban J connectivity index is 1.63. The van der Waals surface area contributed by atoms with E-state index in [2.05, 4.69) is 49.1 Å². The average Bonchev–Trinajstić information content (AvgIpc) is 3.20. The summed E-state index contributed by atoms with van der Waals surface area (Å²) in [5.74, 6) is 2.95. The van der Waals surface area contributed by atoms with Crippen LogP contribution in [0.25, 0.3) is 0 Å². The van der Waals surface area contributed by atoms with Gasteiger partial charge in [0.1, 0.15) is 11.6 Å². The van der Waals surface area contributed by atoms with Crippen molar-refractivity contribution in [3.63, 3.8) is 0 Å². The number of rotatable bonds is 8. The number of furan rings is 1. The molecule has 7 nitrogen and oxygen atoms in total. The van der Waals surface area contributed by atoms with Crippen molar-refractivity contribution in [2.45, 2.75) is 38.1 Å². The van der Waals surface area contributed by atoms with Gasteiger partial charge in [0.05, 0.1) is 39.0 Å². The quantitative estimate of drug-likeness (QED) is 0.502. The summed E-state index contributed by atoms with van der Waals surface area (Å²) in [6.45, 7) is 11.2. The molecule has 8 heteroatoms. The van der Waals surface area contributed by atoms with Crippen molar-refractivity contribution >= 4 is 23.5 Å². The third kappa shape index (κ3) is 6.21. The SMILES string of the molecule is CCc1cc(N2CC[NH+](C)CC2)nc(SCc2ccc(C(=O)NCC(C)C)o2)n1. The number of carbonyl (C=O) groups excluding carboxylic acids is 1. The molecule has 0 radical (unpaired) electrons. The molecule has 3 rings (SSSR count). The Morgan fingerprint density at radius 1 is 1.31 bits per heavy atom. The molecule has 1 aliphatic rings. The van der Waals surface area contributed by atoms with E-state index in [1.54, 1.807) is 22.7 Å². The fourth-order valence-corrected chi connectivity index (χ4v) is 3.85. The number of aromatic nitrogens is 2. The number of hydrogen-bond acceptors (Lipinski definition) is 6. The number of likely N-dealkylation sites (N-methyl/N-ethyl adjacent to an activating group) is 1. The number of piperazine rings is 1. The molecule has 0 aliphatic carbocycles. The molecule has 1 aliphatic heterocycles. The lowest BCUT2D eigenvalue weighted by Crippen LogP contribution is -3.12. The van der Waals surface area contributed by atoms with Crippen molar-refractivity contribution in [2.75, 3.05) is 44.7 Å². The molecule has 1 fully saturated rings. The van der Waals surface area contributed by atoms with Gasteiger partial charge in [-0.15, -0.1) is 0 Å². The van der Waals surface area contributed by atoms with Crippen LogP contribution in [0, 0.1) is 5.92 Å². The number of quaternary nitrogens is 1. The van der Waals surface area contributed by atoms with Gasteiger partial charge in [-0.3, -0.25) is 4.79 Å². The zero-order valence-electron chi connectivity index (χ0n) is 17.8. The van der Waals surface area contributed by atoms with Gasteiger partial charge in [-0.05, 0) is 24.5 Å². The van der Waals surface area contributed by atoms with Gasteiger partial charge in [0.15, 0.2) is 10.9 Å². The molecule has 0 atom stereocenters. The van der Waals surface area contributed by atoms with Gasteiger partial charge < -0.3 is 19.5 Å². The van der Waals surface area contributed by atoms with Crippen LogP contribution in [-0.4, -0.2) is 55.6 Å². The largest absolute Gasteiger partial charge is 0.455 e. The van der Waals surface area contributed by atoms with Crippen LogP contribution < -0.4 is 15.1 Å². The minimum absolute atomic E-state index is 0.168. The van der Waals surface area contributed by atoms with Crippen LogP contribution in [0.5, 0.6) is 0 Å². The van der Waals surface area contributed by atoms with Crippen LogP contribution in [0.1, 0.15) is 42.8 Å². The zero-order chi connectivity index (χ0) is 20.8. The summed E-state index contributed by atoms with van der Waals surface area (Å²) in [6, 6.07) is 5.69. The first-order valence-electron chi connectivity index (χ1n) is 10.4. The van der Waals surface area contributed by atoms with Gasteiger partial charge in [0.25, 0.3) is 5.91 Å². The smallest absolute Gasteiger partial charge is 0.287 e. The second-order valence-corrected chi connectivity index (χ2v) is 8.90. The first kappa shape index (κ1) is 21.6. The number of nitrogens with zero attached hydrogens (tertiary/aromatic N) is 3. The van der Waals surface area contributed by atoms with Crippen LogP contribution in [0.15, 0.2) is 27.8 Å². The molecule has 0 spiro atoms. The Kier molecular flexibility index (Phi) is 7.55. The number of thioether (sulfide) groups is 1. The first-order valence-corrected chi connectivity index (χ1v) is 11.4. The molecule has 2 aromatic rings. The lowest BCUT2D eigenvalue weighted by Gasteiger charge is -2.31. The van der Waals surface area contributed by atoms with Gasteiger partial charge in [0.2, 0.25) is 0 Å². The zero-order valence-corrected chi connectivity index (χ0v) is 18.6. The predicted octanol–water partition coefficient (Wildman–Crippen LogP) is 1.64. The van der Waals surface area contributed by atoms with Crippen molar-refractivity contribution in [3.05, 3.63) is 35.4 Å². The molecule has 0 aromatic carbocycles. The van der Waals surface area contributed by atoms with E-state index in [9.17, 15) is 4.79 Å². The highest BCUT2D eigenvalue weighted by molar-refractivity contribution is 7.98. The first-order chi connectivity index (χ1) is 13.9. The molecule has 2 N–H and O–H groups in total. The number of nitrogens with one attached hydrogen (secondary N) is 2. The molecule has 3 heterocycles. The summed E-state index contributed by atoms with van der Waals surface area (Å²) in [6.07, 6.45) is 0.878. The Morgan fingerprint density at radius 2 is 2.07 bits per heavy atom. The molecule has 0 saturated carbocycles. The summed E-state index contributed by atoms with van der Waals surface area (Å²) in [5, 5.41) is 3.63. The summed E-state index contributed by atoms with van der Waals surface area (Å²) in [5.41, 5.74) is 1.05. The van der Waals surface area contributed by atoms with E-state index >= 15 is 0 Å². The Hall–Kier alpha value is -2.06. The van der Waals surface area contributed by atoms with Crippen LogP contribution >= 0.6 is 11.8 Å². The number of hydrogen-bond donors (Lipinski definition) is 2. The lowest BCUT2D eigenvalue weighted by atomic mass is 10.2. The fourth-order valence-electron chi connectivity index (χ4n) is 3.08. The number of amides is 1. The summed E-state index contributed by atoms with van der Waals surface area (Å²) in [4.78, 5) is 25.5. The van der Waals surface area contributed by atoms with Gasteiger partial charge >= 0.3 is 0 Å². The van der Waals surface area contributed by atoms with Crippen LogP contribution in [-0.2, 0) is 12.2 Å². The molecule has 2 aromatic heterocycles. The molecule has 0 unspecified atom stereocenters. The van der Waals surface area contributed by atoms with Gasteiger partial charge in [0, 0.05) is 18.3 Å². The molecule has 29 heavy (non-hydrogen) atoms. The third-order valence-electron chi connectivity index (χ3n) is 4.95. The van der Waals surface area contributed by atoms with Gasteiger partial charge in [-0.25, -0.2) is 9.97 Å².